The van der Waals surface area contributed by atoms with Crippen molar-refractivity contribution in [1.29, 1.82) is 0 Å². The molecule has 2 aromatic rings. The fraction of sp³-hybridized carbons (Fsp3) is 0.273. The van der Waals surface area contributed by atoms with Crippen LogP contribution in [0.4, 0.5) is 0 Å². The van der Waals surface area contributed by atoms with Gasteiger partial charge in [0.2, 0.25) is 11.8 Å². The maximum absolute atomic E-state index is 12.8. The first-order valence-corrected chi connectivity index (χ1v) is 10.0. The van der Waals surface area contributed by atoms with Crippen LogP contribution in [0.2, 0.25) is 0 Å². The van der Waals surface area contributed by atoms with Crippen LogP contribution in [0.3, 0.4) is 0 Å². The number of hydrogen-bond donors (Lipinski definition) is 2. The van der Waals surface area contributed by atoms with Gasteiger partial charge in [-0.2, -0.15) is 0 Å². The van der Waals surface area contributed by atoms with Gasteiger partial charge in [0.1, 0.15) is 5.75 Å². The van der Waals surface area contributed by atoms with Crippen molar-refractivity contribution in [3.63, 3.8) is 0 Å². The van der Waals surface area contributed by atoms with Crippen molar-refractivity contribution in [2.24, 2.45) is 0 Å². The Morgan fingerprint density at radius 2 is 1.82 bits per heavy atom. The molecule has 2 amide bonds. The van der Waals surface area contributed by atoms with Crippen LogP contribution in [0, 0.1) is 0 Å². The minimum Gasteiger partial charge on any atom is -0.508 e. The molecule has 0 saturated heterocycles. The summed E-state index contributed by atoms with van der Waals surface area (Å²) in [6.07, 6.45) is 3.05. The monoisotopic (exact) mass is 442 g/mol. The maximum Gasteiger partial charge on any atom is 0.225 e. The van der Waals surface area contributed by atoms with Crippen LogP contribution in [0.1, 0.15) is 36.9 Å². The summed E-state index contributed by atoms with van der Waals surface area (Å²) in [5, 5.41) is 12.3. The first-order chi connectivity index (χ1) is 13.4. The predicted octanol–water partition coefficient (Wildman–Crippen LogP) is 4.04. The average Bonchev–Trinajstić information content (AvgIpc) is 2.68. The topological polar surface area (TPSA) is 69.6 Å². The van der Waals surface area contributed by atoms with Crippen LogP contribution in [0.15, 0.2) is 59.1 Å². The summed E-state index contributed by atoms with van der Waals surface area (Å²) in [6.45, 7) is 2.64. The van der Waals surface area contributed by atoms with Crippen molar-refractivity contribution in [2.75, 3.05) is 13.1 Å². The Balaban J connectivity index is 1.66. The number of carbonyl (C=O) groups is 2. The third-order valence-electron chi connectivity index (χ3n) is 4.83. The molecule has 146 valence electrons. The highest BCUT2D eigenvalue weighted by Crippen LogP contribution is 2.26. The summed E-state index contributed by atoms with van der Waals surface area (Å²) in [7, 11) is 0. The van der Waals surface area contributed by atoms with E-state index in [1.54, 1.807) is 12.1 Å². The zero-order valence-electron chi connectivity index (χ0n) is 15.7. The highest BCUT2D eigenvalue weighted by atomic mass is 79.9. The Morgan fingerprint density at radius 3 is 2.39 bits per heavy atom. The zero-order valence-corrected chi connectivity index (χ0v) is 17.3. The fourth-order valence-corrected chi connectivity index (χ4v) is 3.59. The summed E-state index contributed by atoms with van der Waals surface area (Å²) in [5.74, 6) is 0.102. The summed E-state index contributed by atoms with van der Waals surface area (Å²) in [5.41, 5.74) is 3.15. The maximum atomic E-state index is 12.8. The molecule has 0 aliphatic carbocycles. The molecule has 1 aliphatic rings. The van der Waals surface area contributed by atoms with Crippen LogP contribution in [-0.2, 0) is 9.59 Å². The van der Waals surface area contributed by atoms with Crippen LogP contribution in [-0.4, -0.2) is 34.9 Å². The van der Waals surface area contributed by atoms with E-state index in [1.807, 2.05) is 41.3 Å². The molecule has 0 spiro atoms. The third-order valence-corrected chi connectivity index (χ3v) is 5.36. The summed E-state index contributed by atoms with van der Waals surface area (Å²) < 4.78 is 0.951. The number of nitrogens with one attached hydrogen (secondary N) is 1. The second-order valence-electron chi connectivity index (χ2n) is 6.87. The largest absolute Gasteiger partial charge is 0.508 e. The van der Waals surface area contributed by atoms with E-state index in [4.69, 9.17) is 0 Å². The molecule has 6 heteroatoms. The third kappa shape index (κ3) is 5.23. The number of halogens is 1. The van der Waals surface area contributed by atoms with Gasteiger partial charge in [0, 0.05) is 24.5 Å². The molecule has 0 fully saturated rings. The van der Waals surface area contributed by atoms with Gasteiger partial charge in [-0.3, -0.25) is 9.59 Å². The molecular weight excluding hydrogens is 420 g/mol. The van der Waals surface area contributed by atoms with Crippen LogP contribution in [0.25, 0.3) is 5.57 Å². The highest BCUT2D eigenvalue weighted by Gasteiger charge is 2.23. The van der Waals surface area contributed by atoms with E-state index in [9.17, 15) is 14.7 Å². The minimum absolute atomic E-state index is 0.0164. The molecule has 5 nitrogen and oxygen atoms in total. The van der Waals surface area contributed by atoms with Crippen molar-refractivity contribution in [2.45, 2.75) is 25.8 Å². The van der Waals surface area contributed by atoms with E-state index >= 15 is 0 Å². The Bertz CT molecular complexity index is 876. The highest BCUT2D eigenvalue weighted by molar-refractivity contribution is 9.10. The number of hydrogen-bond acceptors (Lipinski definition) is 3. The molecule has 3 rings (SSSR count). The molecule has 2 N–H and O–H groups in total. The van der Waals surface area contributed by atoms with Crippen LogP contribution >= 0.6 is 15.9 Å². The molecule has 0 saturated carbocycles. The second kappa shape index (κ2) is 9.06. The van der Waals surface area contributed by atoms with Gasteiger partial charge in [-0.1, -0.05) is 46.3 Å². The van der Waals surface area contributed by atoms with E-state index in [2.05, 4.69) is 27.3 Å². The fourth-order valence-electron chi connectivity index (χ4n) is 3.33. The zero-order chi connectivity index (χ0) is 20.1. The number of phenolic OH excluding ortho intramolecular Hbond substituents is 1. The van der Waals surface area contributed by atoms with Crippen molar-refractivity contribution >= 4 is 33.3 Å². The van der Waals surface area contributed by atoms with Gasteiger partial charge in [-0.15, -0.1) is 0 Å². The predicted molar refractivity (Wildman–Crippen MR) is 113 cm³/mol. The minimum atomic E-state index is -0.347. The van der Waals surface area contributed by atoms with E-state index < -0.39 is 0 Å². The van der Waals surface area contributed by atoms with E-state index in [1.165, 1.54) is 12.5 Å². The molecule has 1 heterocycles. The van der Waals surface area contributed by atoms with E-state index in [0.29, 0.717) is 13.1 Å². The van der Waals surface area contributed by atoms with Gasteiger partial charge in [0.05, 0.1) is 12.5 Å². The van der Waals surface area contributed by atoms with Crippen molar-refractivity contribution in [1.82, 2.24) is 10.2 Å². The Kier molecular flexibility index (Phi) is 6.52. The number of carbonyl (C=O) groups excluding carboxylic acids is 2. The van der Waals surface area contributed by atoms with Gasteiger partial charge in [0.15, 0.2) is 0 Å². The molecule has 28 heavy (non-hydrogen) atoms. The number of aromatic hydroxyl groups is 1. The van der Waals surface area contributed by atoms with Crippen LogP contribution < -0.4 is 5.32 Å². The average molecular weight is 443 g/mol. The molecule has 2 aromatic carbocycles. The Morgan fingerprint density at radius 1 is 1.14 bits per heavy atom. The molecule has 1 aliphatic heterocycles. The van der Waals surface area contributed by atoms with E-state index in [0.717, 1.165) is 22.0 Å². The number of amides is 2. The van der Waals surface area contributed by atoms with Crippen LogP contribution in [0.5, 0.6) is 5.75 Å². The summed E-state index contributed by atoms with van der Waals surface area (Å²) in [4.78, 5) is 26.2. The number of benzene rings is 2. The smallest absolute Gasteiger partial charge is 0.225 e. The Labute approximate surface area is 173 Å². The molecular formula is C22H23BrN2O3. The molecule has 0 bridgehead atoms. The van der Waals surface area contributed by atoms with Gasteiger partial charge in [-0.25, -0.2) is 0 Å². The standard InChI is InChI=1S/C22H23BrN2O3/c1-15(26)24-21(18-2-6-19(23)7-3-18)14-22(28)25-12-10-17(11-13-25)16-4-8-20(27)9-5-16/h2-10,21,27H,11-14H2,1H3,(H,24,26). The van der Waals surface area contributed by atoms with Gasteiger partial charge < -0.3 is 15.3 Å². The summed E-state index contributed by atoms with van der Waals surface area (Å²) >= 11 is 3.40. The normalized spacial score (nSPS) is 14.9. The van der Waals surface area contributed by atoms with Crippen molar-refractivity contribution in [3.8, 4) is 5.75 Å². The second-order valence-corrected chi connectivity index (χ2v) is 7.79. The number of nitrogens with zero attached hydrogens (tertiary/aromatic N) is 1. The summed E-state index contributed by atoms with van der Waals surface area (Å²) in [6, 6.07) is 14.4. The first-order valence-electron chi connectivity index (χ1n) is 9.21. The van der Waals surface area contributed by atoms with Gasteiger partial charge in [-0.05, 0) is 47.4 Å². The lowest BCUT2D eigenvalue weighted by atomic mass is 9.98. The van der Waals surface area contributed by atoms with Crippen molar-refractivity contribution in [3.05, 3.63) is 70.2 Å². The van der Waals surface area contributed by atoms with Gasteiger partial charge in [0.25, 0.3) is 0 Å². The molecule has 0 aromatic heterocycles. The first kappa shape index (κ1) is 20.1. The van der Waals surface area contributed by atoms with Gasteiger partial charge >= 0.3 is 0 Å². The Hall–Kier alpha value is -2.60. The van der Waals surface area contributed by atoms with Crippen molar-refractivity contribution < 1.29 is 14.7 Å². The number of rotatable bonds is 5. The molecule has 1 unspecified atom stereocenters. The SMILES string of the molecule is CC(=O)NC(CC(=O)N1CC=C(c2ccc(O)cc2)CC1)c1ccc(Br)cc1. The lowest BCUT2D eigenvalue weighted by molar-refractivity contribution is -0.131. The molecule has 1 atom stereocenters. The lowest BCUT2D eigenvalue weighted by Gasteiger charge is -2.28. The van der Waals surface area contributed by atoms with E-state index in [-0.39, 0.29) is 30.0 Å². The molecule has 0 radical (unpaired) electrons. The lowest BCUT2D eigenvalue weighted by Crippen LogP contribution is -2.38. The quantitative estimate of drug-likeness (QED) is 0.733. The number of phenols is 1.